The molecule has 0 aromatic heterocycles. The molecule has 0 amide bonds. The van der Waals surface area contributed by atoms with Crippen LogP contribution in [-0.2, 0) is 6.42 Å². The summed E-state index contributed by atoms with van der Waals surface area (Å²) in [4.78, 5) is 0. The molecule has 0 atom stereocenters. The van der Waals surface area contributed by atoms with Crippen molar-refractivity contribution in [3.05, 3.63) is 29.8 Å². The number of rotatable bonds is 2. The lowest BCUT2D eigenvalue weighted by molar-refractivity contribution is 0.414. The summed E-state index contributed by atoms with van der Waals surface area (Å²) < 4.78 is 5.04. The highest BCUT2D eigenvalue weighted by Gasteiger charge is 1.90. The minimum Gasteiger partial charge on any atom is -0.497 e. The lowest BCUT2D eigenvalue weighted by Gasteiger charge is -1.99. The van der Waals surface area contributed by atoms with Crippen molar-refractivity contribution in [1.29, 1.82) is 0 Å². The Morgan fingerprint density at radius 1 is 1.23 bits per heavy atom. The van der Waals surface area contributed by atoms with Gasteiger partial charge in [0.25, 0.3) is 0 Å². The molecule has 1 aromatic carbocycles. The van der Waals surface area contributed by atoms with Crippen LogP contribution in [0.2, 0.25) is 0 Å². The number of hydrogen-bond donors (Lipinski definition) is 0. The van der Waals surface area contributed by atoms with Crippen LogP contribution in [0, 0.1) is 11.8 Å². The maximum absolute atomic E-state index is 5.42. The van der Waals surface area contributed by atoms with Gasteiger partial charge in [-0.3, -0.25) is 0 Å². The number of halogens is 1. The first kappa shape index (κ1) is 9.95. The molecule has 2 heteroatoms. The van der Waals surface area contributed by atoms with Gasteiger partial charge < -0.3 is 4.74 Å². The Hall–Kier alpha value is -1.13. The molecule has 0 saturated heterocycles. The summed E-state index contributed by atoms with van der Waals surface area (Å²) in [5.74, 6) is 7.04. The Bertz CT molecular complexity index is 305. The number of ether oxygens (including phenoxy) is 1. The number of alkyl halides is 1. The van der Waals surface area contributed by atoms with Crippen LogP contribution < -0.4 is 4.74 Å². The molecule has 1 aromatic rings. The zero-order valence-electron chi connectivity index (χ0n) is 7.51. The average Bonchev–Trinajstić information content (AvgIpc) is 2.19. The van der Waals surface area contributed by atoms with Gasteiger partial charge in [-0.15, -0.1) is 11.6 Å². The summed E-state index contributed by atoms with van der Waals surface area (Å²) >= 11 is 5.42. The largest absolute Gasteiger partial charge is 0.497 e. The maximum Gasteiger partial charge on any atom is 0.118 e. The summed E-state index contributed by atoms with van der Waals surface area (Å²) in [6, 6.07) is 7.86. The van der Waals surface area contributed by atoms with E-state index in [1.54, 1.807) is 7.11 Å². The van der Waals surface area contributed by atoms with Gasteiger partial charge in [0.05, 0.1) is 13.0 Å². The normalized spacial score (nSPS) is 8.77. The van der Waals surface area contributed by atoms with Gasteiger partial charge in [-0.2, -0.15) is 0 Å². The lowest BCUT2D eigenvalue weighted by Crippen LogP contribution is -1.84. The van der Waals surface area contributed by atoms with Crippen molar-refractivity contribution in [2.24, 2.45) is 0 Å². The van der Waals surface area contributed by atoms with Gasteiger partial charge >= 0.3 is 0 Å². The second kappa shape index (κ2) is 5.50. The molecule has 0 radical (unpaired) electrons. The first-order chi connectivity index (χ1) is 6.36. The predicted octanol–water partition coefficient (Wildman–Crippen LogP) is 2.48. The topological polar surface area (TPSA) is 9.23 Å². The van der Waals surface area contributed by atoms with Gasteiger partial charge in [0.2, 0.25) is 0 Å². The standard InChI is InChI=1S/C11H11ClO/c1-13-11-7-5-10(6-8-11)4-2-3-9-12/h5-8H,4,9H2,1H3. The van der Waals surface area contributed by atoms with Gasteiger partial charge in [-0.05, 0) is 17.7 Å². The molecule has 0 aliphatic rings. The minimum atomic E-state index is 0.399. The van der Waals surface area contributed by atoms with E-state index in [0.29, 0.717) is 5.88 Å². The third kappa shape index (κ3) is 3.40. The van der Waals surface area contributed by atoms with Gasteiger partial charge in [-0.1, -0.05) is 24.0 Å². The van der Waals surface area contributed by atoms with Gasteiger partial charge in [-0.25, -0.2) is 0 Å². The Kier molecular flexibility index (Phi) is 4.21. The zero-order valence-corrected chi connectivity index (χ0v) is 8.27. The van der Waals surface area contributed by atoms with Crippen LogP contribution in [0.15, 0.2) is 24.3 Å². The molecule has 13 heavy (non-hydrogen) atoms. The van der Waals surface area contributed by atoms with Crippen molar-refractivity contribution < 1.29 is 4.74 Å². The van der Waals surface area contributed by atoms with E-state index in [4.69, 9.17) is 16.3 Å². The lowest BCUT2D eigenvalue weighted by atomic mass is 10.1. The molecule has 0 bridgehead atoms. The molecule has 1 rings (SSSR count). The van der Waals surface area contributed by atoms with E-state index in [0.717, 1.165) is 12.2 Å². The molecule has 0 aliphatic carbocycles. The fourth-order valence-corrected chi connectivity index (χ4v) is 1.05. The van der Waals surface area contributed by atoms with E-state index < -0.39 is 0 Å². The SMILES string of the molecule is COc1ccc(CC#CCCl)cc1. The molecule has 0 aliphatic heterocycles. The number of methoxy groups -OCH3 is 1. The first-order valence-corrected chi connectivity index (χ1v) is 4.55. The summed E-state index contributed by atoms with van der Waals surface area (Å²) in [5.41, 5.74) is 1.18. The average molecular weight is 195 g/mol. The van der Waals surface area contributed by atoms with Gasteiger partial charge in [0.1, 0.15) is 5.75 Å². The first-order valence-electron chi connectivity index (χ1n) is 4.01. The Balaban J connectivity index is 2.59. The second-order valence-electron chi connectivity index (χ2n) is 2.51. The summed E-state index contributed by atoms with van der Waals surface area (Å²) in [6.07, 6.45) is 0.747. The van der Waals surface area contributed by atoms with Crippen LogP contribution in [0.3, 0.4) is 0 Å². The van der Waals surface area contributed by atoms with E-state index in [2.05, 4.69) is 11.8 Å². The minimum absolute atomic E-state index is 0.399. The Morgan fingerprint density at radius 2 is 1.92 bits per heavy atom. The monoisotopic (exact) mass is 194 g/mol. The summed E-state index contributed by atoms with van der Waals surface area (Å²) in [5, 5.41) is 0. The highest BCUT2D eigenvalue weighted by molar-refractivity contribution is 6.19. The molecule has 0 fully saturated rings. The predicted molar refractivity (Wildman–Crippen MR) is 55.2 cm³/mol. The van der Waals surface area contributed by atoms with Gasteiger partial charge in [0.15, 0.2) is 0 Å². The van der Waals surface area contributed by atoms with E-state index in [9.17, 15) is 0 Å². The third-order valence-corrected chi connectivity index (χ3v) is 1.78. The Labute approximate surface area is 83.7 Å². The molecule has 0 heterocycles. The van der Waals surface area contributed by atoms with Crippen molar-refractivity contribution in [3.63, 3.8) is 0 Å². The molecular formula is C11H11ClO. The van der Waals surface area contributed by atoms with Crippen LogP contribution in [0.4, 0.5) is 0 Å². The van der Waals surface area contributed by atoms with Crippen LogP contribution >= 0.6 is 11.6 Å². The second-order valence-corrected chi connectivity index (χ2v) is 2.78. The summed E-state index contributed by atoms with van der Waals surface area (Å²) in [6.45, 7) is 0. The van der Waals surface area contributed by atoms with Crippen LogP contribution in [0.25, 0.3) is 0 Å². The fourth-order valence-electron chi connectivity index (χ4n) is 0.955. The zero-order chi connectivity index (χ0) is 9.52. The van der Waals surface area contributed by atoms with Crippen molar-refractivity contribution in [2.45, 2.75) is 6.42 Å². The quantitative estimate of drug-likeness (QED) is 0.519. The van der Waals surface area contributed by atoms with Crippen molar-refractivity contribution in [2.75, 3.05) is 13.0 Å². The number of benzene rings is 1. The van der Waals surface area contributed by atoms with Crippen molar-refractivity contribution in [1.82, 2.24) is 0 Å². The molecule has 0 saturated carbocycles. The third-order valence-electron chi connectivity index (χ3n) is 1.64. The van der Waals surface area contributed by atoms with E-state index in [1.807, 2.05) is 24.3 Å². The van der Waals surface area contributed by atoms with Crippen molar-refractivity contribution in [3.8, 4) is 17.6 Å². The van der Waals surface area contributed by atoms with Crippen LogP contribution in [0.1, 0.15) is 5.56 Å². The molecular weight excluding hydrogens is 184 g/mol. The summed E-state index contributed by atoms with van der Waals surface area (Å²) in [7, 11) is 1.66. The van der Waals surface area contributed by atoms with Crippen molar-refractivity contribution >= 4 is 11.6 Å². The molecule has 0 N–H and O–H groups in total. The number of hydrogen-bond acceptors (Lipinski definition) is 1. The van der Waals surface area contributed by atoms with E-state index in [-0.39, 0.29) is 0 Å². The fraction of sp³-hybridized carbons (Fsp3) is 0.273. The highest BCUT2D eigenvalue weighted by Crippen LogP contribution is 2.11. The van der Waals surface area contributed by atoms with E-state index in [1.165, 1.54) is 5.56 Å². The molecule has 0 unspecified atom stereocenters. The molecule has 1 nitrogen and oxygen atoms in total. The molecule has 68 valence electrons. The van der Waals surface area contributed by atoms with Crippen LogP contribution in [0.5, 0.6) is 5.75 Å². The van der Waals surface area contributed by atoms with Crippen LogP contribution in [-0.4, -0.2) is 13.0 Å². The van der Waals surface area contributed by atoms with Gasteiger partial charge in [0, 0.05) is 6.42 Å². The van der Waals surface area contributed by atoms with E-state index >= 15 is 0 Å². The molecule has 0 spiro atoms. The maximum atomic E-state index is 5.42. The Morgan fingerprint density at radius 3 is 2.46 bits per heavy atom. The highest BCUT2D eigenvalue weighted by atomic mass is 35.5. The smallest absolute Gasteiger partial charge is 0.118 e.